The number of aryl methyl sites for hydroxylation is 2. The summed E-state index contributed by atoms with van der Waals surface area (Å²) in [4.78, 5) is 0. The summed E-state index contributed by atoms with van der Waals surface area (Å²) in [6.07, 6.45) is 0.518. The summed E-state index contributed by atoms with van der Waals surface area (Å²) in [5.74, 6) is 6.85. The maximum atomic E-state index is 8.63. The second kappa shape index (κ2) is 5.43. The van der Waals surface area contributed by atoms with Gasteiger partial charge in [-0.15, -0.1) is 0 Å². The van der Waals surface area contributed by atoms with Crippen molar-refractivity contribution in [2.75, 3.05) is 13.7 Å². The Hall–Kier alpha value is -1.46. The van der Waals surface area contributed by atoms with E-state index in [0.717, 1.165) is 22.4 Å². The van der Waals surface area contributed by atoms with Crippen molar-refractivity contribution in [3.8, 4) is 17.6 Å². The minimum atomic E-state index is 0.112. The largest absolute Gasteiger partial charge is 0.496 e. The van der Waals surface area contributed by atoms with Crippen molar-refractivity contribution in [2.24, 2.45) is 0 Å². The van der Waals surface area contributed by atoms with Crippen LogP contribution in [0.2, 0.25) is 0 Å². The maximum absolute atomic E-state index is 8.63. The van der Waals surface area contributed by atoms with E-state index in [1.165, 1.54) is 0 Å². The molecule has 0 aliphatic heterocycles. The van der Waals surface area contributed by atoms with Gasteiger partial charge in [-0.3, -0.25) is 0 Å². The van der Waals surface area contributed by atoms with Gasteiger partial charge < -0.3 is 9.84 Å². The molecule has 0 saturated carbocycles. The van der Waals surface area contributed by atoms with Crippen LogP contribution < -0.4 is 4.74 Å². The first-order valence-corrected chi connectivity index (χ1v) is 4.94. The number of hydrogen-bond donors (Lipinski definition) is 1. The van der Waals surface area contributed by atoms with Gasteiger partial charge >= 0.3 is 0 Å². The van der Waals surface area contributed by atoms with Crippen LogP contribution in [0.1, 0.15) is 23.1 Å². The molecule has 15 heavy (non-hydrogen) atoms. The summed E-state index contributed by atoms with van der Waals surface area (Å²) < 4.78 is 5.22. The predicted octanol–water partition coefficient (Wildman–Crippen LogP) is 2.05. The highest BCUT2D eigenvalue weighted by atomic mass is 16.5. The topological polar surface area (TPSA) is 29.5 Å². The Kier molecular flexibility index (Phi) is 4.20. The van der Waals surface area contributed by atoms with Crippen molar-refractivity contribution >= 4 is 0 Å². The zero-order chi connectivity index (χ0) is 11.3. The predicted molar refractivity (Wildman–Crippen MR) is 61.0 cm³/mol. The molecule has 0 saturated heterocycles. The fraction of sp³-hybridized carbons (Fsp3) is 0.385. The smallest absolute Gasteiger partial charge is 0.122 e. The number of methoxy groups -OCH3 is 1. The monoisotopic (exact) mass is 204 g/mol. The van der Waals surface area contributed by atoms with Crippen molar-refractivity contribution in [3.05, 3.63) is 28.8 Å². The van der Waals surface area contributed by atoms with Crippen molar-refractivity contribution in [1.82, 2.24) is 0 Å². The van der Waals surface area contributed by atoms with Crippen LogP contribution in [0.3, 0.4) is 0 Å². The Labute approximate surface area is 90.9 Å². The zero-order valence-corrected chi connectivity index (χ0v) is 9.42. The number of aliphatic hydroxyl groups excluding tert-OH is 1. The van der Waals surface area contributed by atoms with Crippen LogP contribution >= 0.6 is 0 Å². The summed E-state index contributed by atoms with van der Waals surface area (Å²) in [6, 6.07) is 4.00. The molecule has 0 bridgehead atoms. The lowest BCUT2D eigenvalue weighted by atomic mass is 10.0. The van der Waals surface area contributed by atoms with Crippen molar-refractivity contribution in [1.29, 1.82) is 0 Å². The molecule has 0 fully saturated rings. The van der Waals surface area contributed by atoms with Gasteiger partial charge in [-0.05, 0) is 37.1 Å². The molecule has 0 atom stereocenters. The normalized spacial score (nSPS) is 9.33. The molecule has 0 aromatic heterocycles. The van der Waals surface area contributed by atoms with Gasteiger partial charge in [0, 0.05) is 12.0 Å². The number of aliphatic hydroxyl groups is 1. The van der Waals surface area contributed by atoms with Crippen molar-refractivity contribution in [2.45, 2.75) is 20.3 Å². The summed E-state index contributed by atoms with van der Waals surface area (Å²) in [7, 11) is 1.67. The van der Waals surface area contributed by atoms with Gasteiger partial charge in [0.1, 0.15) is 5.75 Å². The average molecular weight is 204 g/mol. The van der Waals surface area contributed by atoms with Gasteiger partial charge in [-0.25, -0.2) is 0 Å². The molecule has 0 aliphatic rings. The quantitative estimate of drug-likeness (QED) is 0.747. The van der Waals surface area contributed by atoms with E-state index < -0.39 is 0 Å². The fourth-order valence-corrected chi connectivity index (χ4v) is 1.36. The molecule has 1 N–H and O–H groups in total. The Morgan fingerprint density at radius 2 is 2.00 bits per heavy atom. The second-order valence-electron chi connectivity index (χ2n) is 3.41. The fourth-order valence-electron chi connectivity index (χ4n) is 1.36. The molecule has 2 nitrogen and oxygen atoms in total. The van der Waals surface area contributed by atoms with E-state index in [1.807, 2.05) is 26.0 Å². The van der Waals surface area contributed by atoms with E-state index in [9.17, 15) is 0 Å². The number of ether oxygens (including phenoxy) is 1. The van der Waals surface area contributed by atoms with Crippen LogP contribution in [-0.2, 0) is 0 Å². The molecule has 1 rings (SSSR count). The van der Waals surface area contributed by atoms with Gasteiger partial charge in [-0.1, -0.05) is 11.8 Å². The van der Waals surface area contributed by atoms with E-state index in [2.05, 4.69) is 11.8 Å². The van der Waals surface area contributed by atoms with E-state index in [4.69, 9.17) is 9.84 Å². The zero-order valence-electron chi connectivity index (χ0n) is 9.42. The molecule has 0 heterocycles. The summed E-state index contributed by atoms with van der Waals surface area (Å²) >= 11 is 0. The summed E-state index contributed by atoms with van der Waals surface area (Å²) in [6.45, 7) is 4.11. The standard InChI is InChI=1S/C13H16O2/c1-10-9-13(15-3)11(2)8-12(10)6-4-5-7-14/h8-9,14H,5,7H2,1-3H3. The lowest BCUT2D eigenvalue weighted by molar-refractivity contribution is 0.305. The molecule has 0 amide bonds. The third-order valence-corrected chi connectivity index (χ3v) is 2.20. The van der Waals surface area contributed by atoms with E-state index >= 15 is 0 Å². The van der Waals surface area contributed by atoms with Gasteiger partial charge in [0.05, 0.1) is 13.7 Å². The molecule has 0 unspecified atom stereocenters. The minimum absolute atomic E-state index is 0.112. The highest BCUT2D eigenvalue weighted by Gasteiger charge is 2.02. The lowest BCUT2D eigenvalue weighted by Crippen LogP contribution is -1.91. The SMILES string of the molecule is COc1cc(C)c(C#CCCO)cc1C. The Morgan fingerprint density at radius 1 is 1.27 bits per heavy atom. The molecule has 0 radical (unpaired) electrons. The Morgan fingerprint density at radius 3 is 2.60 bits per heavy atom. The number of rotatable bonds is 2. The first-order chi connectivity index (χ1) is 7.19. The van der Waals surface area contributed by atoms with E-state index in [-0.39, 0.29) is 6.61 Å². The molecule has 0 spiro atoms. The number of benzene rings is 1. The van der Waals surface area contributed by atoms with Crippen LogP contribution in [0.15, 0.2) is 12.1 Å². The van der Waals surface area contributed by atoms with Crippen LogP contribution in [0.5, 0.6) is 5.75 Å². The lowest BCUT2D eigenvalue weighted by Gasteiger charge is -2.07. The van der Waals surface area contributed by atoms with Gasteiger partial charge in [-0.2, -0.15) is 0 Å². The van der Waals surface area contributed by atoms with Gasteiger partial charge in [0.2, 0.25) is 0 Å². The van der Waals surface area contributed by atoms with Gasteiger partial charge in [0.15, 0.2) is 0 Å². The molecule has 2 heteroatoms. The highest BCUT2D eigenvalue weighted by Crippen LogP contribution is 2.21. The Bertz CT molecular complexity index is 397. The minimum Gasteiger partial charge on any atom is -0.496 e. The number of hydrogen-bond acceptors (Lipinski definition) is 2. The third-order valence-electron chi connectivity index (χ3n) is 2.20. The molecular formula is C13H16O2. The second-order valence-corrected chi connectivity index (χ2v) is 3.41. The first-order valence-electron chi connectivity index (χ1n) is 4.94. The Balaban J connectivity index is 3.01. The molecule has 1 aromatic carbocycles. The molecular weight excluding hydrogens is 188 g/mol. The van der Waals surface area contributed by atoms with Crippen molar-refractivity contribution < 1.29 is 9.84 Å². The first kappa shape index (κ1) is 11.6. The average Bonchev–Trinajstić information content (AvgIpc) is 2.23. The highest BCUT2D eigenvalue weighted by molar-refractivity contribution is 5.48. The van der Waals surface area contributed by atoms with Crippen LogP contribution in [0.25, 0.3) is 0 Å². The van der Waals surface area contributed by atoms with Gasteiger partial charge in [0.25, 0.3) is 0 Å². The third kappa shape index (κ3) is 3.00. The van der Waals surface area contributed by atoms with Crippen LogP contribution in [0, 0.1) is 25.7 Å². The van der Waals surface area contributed by atoms with E-state index in [1.54, 1.807) is 7.11 Å². The maximum Gasteiger partial charge on any atom is 0.122 e. The van der Waals surface area contributed by atoms with Crippen molar-refractivity contribution in [3.63, 3.8) is 0 Å². The van der Waals surface area contributed by atoms with Crippen LogP contribution in [-0.4, -0.2) is 18.8 Å². The van der Waals surface area contributed by atoms with Crippen LogP contribution in [0.4, 0.5) is 0 Å². The molecule has 80 valence electrons. The van der Waals surface area contributed by atoms with E-state index in [0.29, 0.717) is 6.42 Å². The summed E-state index contributed by atoms with van der Waals surface area (Å²) in [5.41, 5.74) is 3.18. The molecule has 1 aromatic rings. The molecule has 0 aliphatic carbocycles. The summed E-state index contributed by atoms with van der Waals surface area (Å²) in [5, 5.41) is 8.63.